The summed E-state index contributed by atoms with van der Waals surface area (Å²) >= 11 is 6.41. The summed E-state index contributed by atoms with van der Waals surface area (Å²) in [6.45, 7) is 0. The fourth-order valence-electron chi connectivity index (χ4n) is 1.62. The van der Waals surface area contributed by atoms with Crippen LogP contribution in [-0.4, -0.2) is 10.2 Å². The Morgan fingerprint density at radius 1 is 0.750 bits per heavy atom. The molecular weight excluding hydrogens is 232 g/mol. The number of hydrogen-bond donors (Lipinski definition) is 0. The normalized spacial score (nSPS) is 12.3. The molecule has 0 aliphatic rings. The van der Waals surface area contributed by atoms with Crippen molar-refractivity contribution in [3.05, 3.63) is 71.8 Å². The molecule has 16 heavy (non-hydrogen) atoms. The minimum atomic E-state index is 0.874. The molecule has 0 unspecified atom stereocenters. The Morgan fingerprint density at radius 3 is 1.69 bits per heavy atom. The highest BCUT2D eigenvalue weighted by Crippen LogP contribution is 2.26. The maximum absolute atomic E-state index is 6.41. The van der Waals surface area contributed by atoms with Gasteiger partial charge in [0.25, 0.3) is 0 Å². The first-order chi connectivity index (χ1) is 7.79. The summed E-state index contributed by atoms with van der Waals surface area (Å²) < 4.78 is 0. The van der Waals surface area contributed by atoms with Gasteiger partial charge in [-0.05, 0) is 16.3 Å². The second kappa shape index (κ2) is 5.15. The van der Waals surface area contributed by atoms with Crippen LogP contribution in [0.4, 0.5) is 0 Å². The molecule has 0 fully saturated rings. The van der Waals surface area contributed by atoms with Crippen molar-refractivity contribution in [3.8, 4) is 0 Å². The van der Waals surface area contributed by atoms with Crippen LogP contribution in [0.5, 0.6) is 0 Å². The SMILES string of the molecule is [SiH3]C(=C(Cl)c1ccccc1)c1ccccc1. The summed E-state index contributed by atoms with van der Waals surface area (Å²) in [5.74, 6) is 0. The smallest absolute Gasteiger partial charge is 0.0466 e. The van der Waals surface area contributed by atoms with Gasteiger partial charge in [0.2, 0.25) is 0 Å². The first-order valence-electron chi connectivity index (χ1n) is 5.26. The van der Waals surface area contributed by atoms with Gasteiger partial charge in [0.1, 0.15) is 0 Å². The van der Waals surface area contributed by atoms with Gasteiger partial charge in [-0.15, -0.1) is 0 Å². The van der Waals surface area contributed by atoms with Crippen LogP contribution in [0.15, 0.2) is 60.7 Å². The number of rotatable bonds is 2. The van der Waals surface area contributed by atoms with Gasteiger partial charge >= 0.3 is 0 Å². The molecule has 0 aliphatic heterocycles. The van der Waals surface area contributed by atoms with E-state index in [1.807, 2.05) is 48.5 Å². The first kappa shape index (κ1) is 11.2. The Labute approximate surface area is 104 Å². The zero-order valence-electron chi connectivity index (χ0n) is 9.15. The Bertz CT molecular complexity index is 441. The van der Waals surface area contributed by atoms with Crippen LogP contribution in [0.1, 0.15) is 11.1 Å². The minimum Gasteiger partial charge on any atom is -0.0838 e. The highest BCUT2D eigenvalue weighted by atomic mass is 35.5. The van der Waals surface area contributed by atoms with Gasteiger partial charge in [0.05, 0.1) is 0 Å². The largest absolute Gasteiger partial charge is 0.0838 e. The van der Waals surface area contributed by atoms with Gasteiger partial charge in [-0.1, -0.05) is 72.3 Å². The van der Waals surface area contributed by atoms with Crippen LogP contribution in [-0.2, 0) is 0 Å². The molecule has 80 valence electrons. The fourth-order valence-corrected chi connectivity index (χ4v) is 2.47. The molecule has 0 amide bonds. The van der Waals surface area contributed by atoms with E-state index in [-0.39, 0.29) is 0 Å². The van der Waals surface area contributed by atoms with Crippen LogP contribution in [0.2, 0.25) is 0 Å². The molecule has 0 nitrogen and oxygen atoms in total. The molecule has 0 saturated carbocycles. The monoisotopic (exact) mass is 244 g/mol. The Hall–Kier alpha value is -1.31. The Kier molecular flexibility index (Phi) is 3.60. The van der Waals surface area contributed by atoms with E-state index in [2.05, 4.69) is 12.1 Å². The first-order valence-corrected chi connectivity index (χ1v) is 6.64. The van der Waals surface area contributed by atoms with Crippen LogP contribution < -0.4 is 0 Å². The van der Waals surface area contributed by atoms with E-state index >= 15 is 0 Å². The van der Waals surface area contributed by atoms with Gasteiger partial charge in [-0.25, -0.2) is 0 Å². The standard InChI is InChI=1S/C14H13ClSi/c15-13(11-7-3-1-4-8-11)14(16)12-9-5-2-6-10-12/h1-10H,16H3. The van der Waals surface area contributed by atoms with Crippen LogP contribution in [0.25, 0.3) is 10.2 Å². The van der Waals surface area contributed by atoms with Crippen molar-refractivity contribution in [2.75, 3.05) is 0 Å². The number of benzene rings is 2. The molecular formula is C14H13ClSi. The van der Waals surface area contributed by atoms with Crippen molar-refractivity contribution < 1.29 is 0 Å². The molecule has 0 bridgehead atoms. The summed E-state index contributed by atoms with van der Waals surface area (Å²) in [6, 6.07) is 20.4. The molecule has 2 rings (SSSR count). The Balaban J connectivity index is 2.43. The van der Waals surface area contributed by atoms with Gasteiger partial charge in [-0.2, -0.15) is 0 Å². The number of hydrogen-bond acceptors (Lipinski definition) is 0. The lowest BCUT2D eigenvalue weighted by atomic mass is 10.1. The number of halogens is 1. The third-order valence-electron chi connectivity index (χ3n) is 2.56. The third-order valence-corrected chi connectivity index (χ3v) is 4.46. The molecule has 0 aromatic heterocycles. The molecule has 0 spiro atoms. The quantitative estimate of drug-likeness (QED) is 0.563. The van der Waals surface area contributed by atoms with Crippen LogP contribution in [0, 0.1) is 0 Å². The molecule has 0 atom stereocenters. The van der Waals surface area contributed by atoms with Crippen molar-refractivity contribution in [1.82, 2.24) is 0 Å². The second-order valence-electron chi connectivity index (χ2n) is 3.67. The van der Waals surface area contributed by atoms with E-state index in [4.69, 9.17) is 11.6 Å². The van der Waals surface area contributed by atoms with Gasteiger partial charge < -0.3 is 0 Å². The molecule has 0 N–H and O–H groups in total. The summed E-state index contributed by atoms with van der Waals surface area (Å²) in [6.07, 6.45) is 0. The van der Waals surface area contributed by atoms with Gasteiger partial charge in [0.15, 0.2) is 0 Å². The average molecular weight is 245 g/mol. The fraction of sp³-hybridized carbons (Fsp3) is 0. The lowest BCUT2D eigenvalue weighted by Gasteiger charge is -2.06. The predicted octanol–water partition coefficient (Wildman–Crippen LogP) is 3.12. The Morgan fingerprint density at radius 2 is 1.19 bits per heavy atom. The molecule has 2 aromatic rings. The molecule has 2 heteroatoms. The maximum atomic E-state index is 6.41. The molecule has 0 saturated heterocycles. The van der Waals surface area contributed by atoms with Crippen molar-refractivity contribution in [2.24, 2.45) is 0 Å². The zero-order valence-corrected chi connectivity index (χ0v) is 11.9. The molecule has 0 heterocycles. The second-order valence-corrected chi connectivity index (χ2v) is 5.05. The summed E-state index contributed by atoms with van der Waals surface area (Å²) in [4.78, 5) is 0. The topological polar surface area (TPSA) is 0 Å². The van der Waals surface area contributed by atoms with E-state index in [0.717, 1.165) is 20.8 Å². The zero-order chi connectivity index (χ0) is 11.4. The van der Waals surface area contributed by atoms with Crippen molar-refractivity contribution in [3.63, 3.8) is 0 Å². The minimum absolute atomic E-state index is 0.874. The summed E-state index contributed by atoms with van der Waals surface area (Å²) in [5.41, 5.74) is 2.32. The van der Waals surface area contributed by atoms with E-state index in [1.54, 1.807) is 0 Å². The van der Waals surface area contributed by atoms with Crippen molar-refractivity contribution >= 4 is 32.1 Å². The van der Waals surface area contributed by atoms with E-state index in [0.29, 0.717) is 0 Å². The predicted molar refractivity (Wildman–Crippen MR) is 75.5 cm³/mol. The van der Waals surface area contributed by atoms with Crippen molar-refractivity contribution in [1.29, 1.82) is 0 Å². The highest BCUT2D eigenvalue weighted by Gasteiger charge is 2.03. The van der Waals surface area contributed by atoms with Crippen LogP contribution in [0.3, 0.4) is 0 Å². The molecule has 0 aliphatic carbocycles. The third kappa shape index (κ3) is 2.43. The molecule has 2 aromatic carbocycles. The van der Waals surface area contributed by atoms with E-state index in [9.17, 15) is 0 Å². The van der Waals surface area contributed by atoms with Gasteiger partial charge in [-0.3, -0.25) is 0 Å². The average Bonchev–Trinajstić information content (AvgIpc) is 2.39. The van der Waals surface area contributed by atoms with E-state index in [1.165, 1.54) is 10.8 Å². The summed E-state index contributed by atoms with van der Waals surface area (Å²) in [7, 11) is 0.943. The van der Waals surface area contributed by atoms with E-state index < -0.39 is 0 Å². The maximum Gasteiger partial charge on any atom is 0.0466 e. The lowest BCUT2D eigenvalue weighted by molar-refractivity contribution is 1.63. The summed E-state index contributed by atoms with van der Waals surface area (Å²) in [5, 5.41) is 2.12. The van der Waals surface area contributed by atoms with Crippen molar-refractivity contribution in [2.45, 2.75) is 0 Å². The molecule has 0 radical (unpaired) electrons. The van der Waals surface area contributed by atoms with Crippen LogP contribution >= 0.6 is 11.6 Å². The highest BCUT2D eigenvalue weighted by molar-refractivity contribution is 6.62. The lowest BCUT2D eigenvalue weighted by Crippen LogP contribution is -1.87. The van der Waals surface area contributed by atoms with Gasteiger partial charge in [0, 0.05) is 15.3 Å².